The zero-order valence-corrected chi connectivity index (χ0v) is 12.9. The highest BCUT2D eigenvalue weighted by molar-refractivity contribution is 5.69. The summed E-state index contributed by atoms with van der Waals surface area (Å²) in [5.41, 5.74) is 8.82. The van der Waals surface area contributed by atoms with Crippen LogP contribution in [0.1, 0.15) is 5.56 Å². The molecule has 0 unspecified atom stereocenters. The third kappa shape index (κ3) is 3.46. The van der Waals surface area contributed by atoms with Gasteiger partial charge in [0.2, 0.25) is 0 Å². The normalized spacial score (nSPS) is 15.8. The SMILES string of the molecule is CN1CCN(c2cc(NCc3ccncc3)c(N)cn2)CC1. The van der Waals surface area contributed by atoms with Gasteiger partial charge in [-0.1, -0.05) is 0 Å². The molecule has 0 spiro atoms. The number of nitrogen functional groups attached to an aromatic ring is 1. The van der Waals surface area contributed by atoms with E-state index in [0.717, 1.165) is 44.2 Å². The molecule has 0 radical (unpaired) electrons. The summed E-state index contributed by atoms with van der Waals surface area (Å²) in [5.74, 6) is 0.986. The molecule has 1 saturated heterocycles. The molecule has 1 fully saturated rings. The number of likely N-dealkylation sites (N-methyl/N-ethyl adjacent to an activating group) is 1. The van der Waals surface area contributed by atoms with Crippen molar-refractivity contribution in [3.8, 4) is 0 Å². The molecule has 2 aromatic rings. The molecule has 1 aliphatic rings. The Morgan fingerprint density at radius 3 is 2.64 bits per heavy atom. The molecule has 3 heterocycles. The lowest BCUT2D eigenvalue weighted by atomic mass is 10.2. The van der Waals surface area contributed by atoms with Gasteiger partial charge in [0.05, 0.1) is 17.6 Å². The van der Waals surface area contributed by atoms with E-state index in [1.807, 2.05) is 18.2 Å². The summed E-state index contributed by atoms with van der Waals surface area (Å²) in [6.07, 6.45) is 5.33. The van der Waals surface area contributed by atoms with Crippen LogP contribution in [-0.2, 0) is 6.54 Å². The van der Waals surface area contributed by atoms with Gasteiger partial charge in [0.25, 0.3) is 0 Å². The highest BCUT2D eigenvalue weighted by Gasteiger charge is 2.16. The van der Waals surface area contributed by atoms with E-state index in [4.69, 9.17) is 5.73 Å². The molecule has 1 aliphatic heterocycles. The average Bonchev–Trinajstić information content (AvgIpc) is 2.56. The van der Waals surface area contributed by atoms with Crippen LogP contribution in [0, 0.1) is 0 Å². The molecule has 2 aromatic heterocycles. The highest BCUT2D eigenvalue weighted by Crippen LogP contribution is 2.24. The van der Waals surface area contributed by atoms with Crippen molar-refractivity contribution < 1.29 is 0 Å². The number of hydrogen-bond acceptors (Lipinski definition) is 6. The van der Waals surface area contributed by atoms with Gasteiger partial charge in [-0.3, -0.25) is 4.98 Å². The molecular formula is C16H22N6. The molecule has 116 valence electrons. The third-order valence-corrected chi connectivity index (χ3v) is 3.98. The maximum absolute atomic E-state index is 6.04. The van der Waals surface area contributed by atoms with Gasteiger partial charge in [-0.25, -0.2) is 4.98 Å². The number of nitrogens with two attached hydrogens (primary N) is 1. The molecule has 0 saturated carbocycles. The quantitative estimate of drug-likeness (QED) is 0.890. The Bertz CT molecular complexity index is 607. The molecule has 6 heteroatoms. The van der Waals surface area contributed by atoms with Crippen molar-refractivity contribution >= 4 is 17.2 Å². The van der Waals surface area contributed by atoms with E-state index in [-0.39, 0.29) is 0 Å². The second-order valence-corrected chi connectivity index (χ2v) is 5.63. The zero-order chi connectivity index (χ0) is 15.4. The van der Waals surface area contributed by atoms with Gasteiger partial charge < -0.3 is 20.9 Å². The fourth-order valence-corrected chi connectivity index (χ4v) is 2.51. The van der Waals surface area contributed by atoms with E-state index in [1.165, 1.54) is 5.56 Å². The molecule has 3 N–H and O–H groups in total. The summed E-state index contributed by atoms with van der Waals surface area (Å²) in [6.45, 7) is 4.84. The van der Waals surface area contributed by atoms with Crippen molar-refractivity contribution in [1.82, 2.24) is 14.9 Å². The molecule has 22 heavy (non-hydrogen) atoms. The number of nitrogens with zero attached hydrogens (tertiary/aromatic N) is 4. The van der Waals surface area contributed by atoms with E-state index in [9.17, 15) is 0 Å². The van der Waals surface area contributed by atoms with Crippen LogP contribution in [0.3, 0.4) is 0 Å². The van der Waals surface area contributed by atoms with Gasteiger partial charge in [0, 0.05) is 51.2 Å². The summed E-state index contributed by atoms with van der Waals surface area (Å²) < 4.78 is 0. The average molecular weight is 298 g/mol. The second kappa shape index (κ2) is 6.62. The van der Waals surface area contributed by atoms with Crippen molar-refractivity contribution in [3.63, 3.8) is 0 Å². The molecule has 0 aliphatic carbocycles. The van der Waals surface area contributed by atoms with E-state index >= 15 is 0 Å². The van der Waals surface area contributed by atoms with Gasteiger partial charge in [-0.15, -0.1) is 0 Å². The fourth-order valence-electron chi connectivity index (χ4n) is 2.51. The van der Waals surface area contributed by atoms with Crippen molar-refractivity contribution in [2.45, 2.75) is 6.54 Å². The summed E-state index contributed by atoms with van der Waals surface area (Å²) in [7, 11) is 2.15. The maximum atomic E-state index is 6.04. The smallest absolute Gasteiger partial charge is 0.130 e. The van der Waals surface area contributed by atoms with Crippen LogP contribution in [0.25, 0.3) is 0 Å². The first-order valence-corrected chi connectivity index (χ1v) is 7.54. The minimum absolute atomic E-state index is 0.673. The topological polar surface area (TPSA) is 70.3 Å². The van der Waals surface area contributed by atoms with Gasteiger partial charge in [0.1, 0.15) is 5.82 Å². The summed E-state index contributed by atoms with van der Waals surface area (Å²) >= 11 is 0. The van der Waals surface area contributed by atoms with E-state index in [0.29, 0.717) is 5.69 Å². The lowest BCUT2D eigenvalue weighted by Crippen LogP contribution is -2.44. The molecule has 0 amide bonds. The number of nitrogens with one attached hydrogen (secondary N) is 1. The highest BCUT2D eigenvalue weighted by atomic mass is 15.3. The summed E-state index contributed by atoms with van der Waals surface area (Å²) in [4.78, 5) is 13.1. The van der Waals surface area contributed by atoms with Crippen LogP contribution in [0.2, 0.25) is 0 Å². The third-order valence-electron chi connectivity index (χ3n) is 3.98. The Kier molecular flexibility index (Phi) is 4.39. The van der Waals surface area contributed by atoms with Crippen LogP contribution in [0.5, 0.6) is 0 Å². The zero-order valence-electron chi connectivity index (χ0n) is 12.9. The second-order valence-electron chi connectivity index (χ2n) is 5.63. The minimum atomic E-state index is 0.673. The van der Waals surface area contributed by atoms with Crippen molar-refractivity contribution in [2.24, 2.45) is 0 Å². The van der Waals surface area contributed by atoms with Crippen LogP contribution in [0.4, 0.5) is 17.2 Å². The Balaban J connectivity index is 1.70. The number of aromatic nitrogens is 2. The predicted molar refractivity (Wildman–Crippen MR) is 89.9 cm³/mol. The Morgan fingerprint density at radius 2 is 1.91 bits per heavy atom. The summed E-state index contributed by atoms with van der Waals surface area (Å²) in [6, 6.07) is 6.03. The fraction of sp³-hybridized carbons (Fsp3) is 0.375. The van der Waals surface area contributed by atoms with Gasteiger partial charge >= 0.3 is 0 Å². The number of anilines is 3. The number of pyridine rings is 2. The Morgan fingerprint density at radius 1 is 1.18 bits per heavy atom. The van der Waals surface area contributed by atoms with Gasteiger partial charge in [-0.05, 0) is 24.7 Å². The van der Waals surface area contributed by atoms with Crippen LogP contribution in [0.15, 0.2) is 36.8 Å². The molecular weight excluding hydrogens is 276 g/mol. The van der Waals surface area contributed by atoms with E-state index in [1.54, 1.807) is 18.6 Å². The van der Waals surface area contributed by atoms with Crippen LogP contribution >= 0.6 is 0 Å². The first-order valence-electron chi connectivity index (χ1n) is 7.54. The number of piperazine rings is 1. The lowest BCUT2D eigenvalue weighted by Gasteiger charge is -2.33. The number of rotatable bonds is 4. The van der Waals surface area contributed by atoms with Crippen molar-refractivity contribution in [1.29, 1.82) is 0 Å². The maximum Gasteiger partial charge on any atom is 0.130 e. The summed E-state index contributed by atoms with van der Waals surface area (Å²) in [5, 5.41) is 3.39. The van der Waals surface area contributed by atoms with Crippen molar-refractivity contribution in [3.05, 3.63) is 42.4 Å². The molecule has 0 bridgehead atoms. The monoisotopic (exact) mass is 298 g/mol. The predicted octanol–water partition coefficient (Wildman–Crippen LogP) is 1.42. The Hall–Kier alpha value is -2.34. The lowest BCUT2D eigenvalue weighted by molar-refractivity contribution is 0.312. The van der Waals surface area contributed by atoms with Gasteiger partial charge in [0.15, 0.2) is 0 Å². The molecule has 3 rings (SSSR count). The molecule has 0 atom stereocenters. The van der Waals surface area contributed by atoms with Crippen molar-refractivity contribution in [2.75, 3.05) is 49.2 Å². The van der Waals surface area contributed by atoms with E-state index in [2.05, 4.69) is 32.1 Å². The van der Waals surface area contributed by atoms with Crippen LogP contribution < -0.4 is 16.0 Å². The number of hydrogen-bond donors (Lipinski definition) is 2. The molecule has 6 nitrogen and oxygen atoms in total. The Labute approximate surface area is 131 Å². The first kappa shape index (κ1) is 14.6. The standard InChI is InChI=1S/C16H22N6/c1-21-6-8-22(9-7-21)16-10-15(14(17)12-20-16)19-11-13-2-4-18-5-3-13/h2-5,10,12H,6-9,11,17H2,1H3,(H,19,20). The molecule has 0 aromatic carbocycles. The van der Waals surface area contributed by atoms with E-state index < -0.39 is 0 Å². The minimum Gasteiger partial charge on any atom is -0.396 e. The largest absolute Gasteiger partial charge is 0.396 e. The van der Waals surface area contributed by atoms with Gasteiger partial charge in [-0.2, -0.15) is 0 Å². The first-order chi connectivity index (χ1) is 10.7. The van der Waals surface area contributed by atoms with Crippen LogP contribution in [-0.4, -0.2) is 48.1 Å².